The van der Waals surface area contributed by atoms with Gasteiger partial charge in [0.25, 0.3) is 5.91 Å². The number of benzene rings is 1. The summed E-state index contributed by atoms with van der Waals surface area (Å²) in [6, 6.07) is 7.74. The molecule has 0 radical (unpaired) electrons. The van der Waals surface area contributed by atoms with Crippen LogP contribution in [0.15, 0.2) is 29.3 Å². The molecule has 0 spiro atoms. The van der Waals surface area contributed by atoms with Crippen molar-refractivity contribution < 1.29 is 4.79 Å². The molecule has 3 heteroatoms. The molecule has 0 saturated heterocycles. The molecule has 0 saturated carbocycles. The molecule has 0 aliphatic carbocycles. The number of amides is 1. The Hall–Kier alpha value is -1.15. The number of hydrogen-bond acceptors (Lipinski definition) is 1. The molecule has 0 bridgehead atoms. The molecule has 0 N–H and O–H groups in total. The average Bonchev–Trinajstić information content (AvgIpc) is 2.14. The van der Waals surface area contributed by atoms with Gasteiger partial charge in [0.15, 0.2) is 0 Å². The fourth-order valence-electron chi connectivity index (χ4n) is 0.931. The SMILES string of the molecule is Cc1cccc(C=NC(=O)CCl)c1. The van der Waals surface area contributed by atoms with Gasteiger partial charge in [0.2, 0.25) is 0 Å². The molecule has 68 valence electrons. The third-order valence-electron chi connectivity index (χ3n) is 1.51. The lowest BCUT2D eigenvalue weighted by atomic mass is 10.2. The zero-order valence-electron chi connectivity index (χ0n) is 7.33. The zero-order chi connectivity index (χ0) is 9.68. The van der Waals surface area contributed by atoms with Crippen LogP contribution in [0.1, 0.15) is 11.1 Å². The maximum atomic E-state index is 10.7. The Bertz CT molecular complexity index is 333. The van der Waals surface area contributed by atoms with E-state index in [-0.39, 0.29) is 11.8 Å². The third-order valence-corrected chi connectivity index (χ3v) is 1.74. The summed E-state index contributed by atoms with van der Waals surface area (Å²) in [4.78, 5) is 14.4. The Labute approximate surface area is 82.3 Å². The second kappa shape index (κ2) is 4.77. The number of alkyl halides is 1. The van der Waals surface area contributed by atoms with E-state index >= 15 is 0 Å². The van der Waals surface area contributed by atoms with Crippen molar-refractivity contribution in [1.82, 2.24) is 0 Å². The molecule has 0 aliphatic heterocycles. The number of halogens is 1. The average molecular weight is 196 g/mol. The number of carbonyl (C=O) groups is 1. The predicted molar refractivity (Wildman–Crippen MR) is 54.5 cm³/mol. The maximum Gasteiger partial charge on any atom is 0.260 e. The summed E-state index contributed by atoms with van der Waals surface area (Å²) >= 11 is 5.29. The van der Waals surface area contributed by atoms with Crippen LogP contribution in [-0.4, -0.2) is 18.0 Å². The first-order valence-corrected chi connectivity index (χ1v) is 4.45. The molecule has 0 atom stereocenters. The van der Waals surface area contributed by atoms with Crippen LogP contribution >= 0.6 is 11.6 Å². The topological polar surface area (TPSA) is 29.4 Å². The van der Waals surface area contributed by atoms with Crippen LogP contribution < -0.4 is 0 Å². The zero-order valence-corrected chi connectivity index (χ0v) is 8.08. The minimum absolute atomic E-state index is 0.0671. The standard InChI is InChI=1S/C10H10ClNO/c1-8-3-2-4-9(5-8)7-12-10(13)6-11/h2-5,7H,6H2,1H3. The van der Waals surface area contributed by atoms with Crippen molar-refractivity contribution in [1.29, 1.82) is 0 Å². The molecule has 0 fully saturated rings. The van der Waals surface area contributed by atoms with Crippen molar-refractivity contribution in [3.63, 3.8) is 0 Å². The van der Waals surface area contributed by atoms with Gasteiger partial charge in [-0.2, -0.15) is 0 Å². The van der Waals surface area contributed by atoms with E-state index in [9.17, 15) is 4.79 Å². The fourth-order valence-corrected chi connectivity index (χ4v) is 1.00. The molecule has 1 aromatic rings. The van der Waals surface area contributed by atoms with Crippen LogP contribution in [-0.2, 0) is 4.79 Å². The second-order valence-corrected chi connectivity index (χ2v) is 2.97. The lowest BCUT2D eigenvalue weighted by Gasteiger charge is -1.93. The van der Waals surface area contributed by atoms with Gasteiger partial charge in [0, 0.05) is 6.21 Å². The summed E-state index contributed by atoms with van der Waals surface area (Å²) in [5.41, 5.74) is 2.06. The van der Waals surface area contributed by atoms with Gasteiger partial charge in [0.05, 0.1) is 0 Å². The van der Waals surface area contributed by atoms with E-state index in [2.05, 4.69) is 4.99 Å². The van der Waals surface area contributed by atoms with E-state index in [4.69, 9.17) is 11.6 Å². The molecule has 0 heterocycles. The largest absolute Gasteiger partial charge is 0.271 e. The van der Waals surface area contributed by atoms with Gasteiger partial charge >= 0.3 is 0 Å². The summed E-state index contributed by atoms with van der Waals surface area (Å²) in [5, 5.41) is 0. The van der Waals surface area contributed by atoms with Crippen LogP contribution in [0.25, 0.3) is 0 Å². The number of nitrogens with zero attached hydrogens (tertiary/aromatic N) is 1. The highest BCUT2D eigenvalue weighted by Crippen LogP contribution is 2.00. The second-order valence-electron chi connectivity index (χ2n) is 2.70. The van der Waals surface area contributed by atoms with Gasteiger partial charge in [-0.25, -0.2) is 4.99 Å². The Morgan fingerprint density at radius 2 is 2.38 bits per heavy atom. The molecule has 1 rings (SSSR count). The monoisotopic (exact) mass is 195 g/mol. The van der Waals surface area contributed by atoms with Crippen molar-refractivity contribution in [2.75, 3.05) is 5.88 Å². The fraction of sp³-hybridized carbons (Fsp3) is 0.200. The third kappa shape index (κ3) is 3.38. The highest BCUT2D eigenvalue weighted by Gasteiger charge is 1.93. The van der Waals surface area contributed by atoms with Crippen LogP contribution in [0, 0.1) is 6.92 Å². The van der Waals surface area contributed by atoms with Crippen LogP contribution in [0.4, 0.5) is 0 Å². The summed E-state index contributed by atoms with van der Waals surface area (Å²) in [7, 11) is 0. The van der Waals surface area contributed by atoms with E-state index in [1.165, 1.54) is 6.21 Å². The van der Waals surface area contributed by atoms with Gasteiger partial charge in [-0.3, -0.25) is 4.79 Å². The highest BCUT2D eigenvalue weighted by molar-refractivity contribution is 6.27. The van der Waals surface area contributed by atoms with Crippen molar-refractivity contribution in [3.8, 4) is 0 Å². The van der Waals surface area contributed by atoms with Crippen LogP contribution in [0.3, 0.4) is 0 Å². The summed E-state index contributed by atoms with van der Waals surface area (Å²) in [6.07, 6.45) is 1.53. The first-order chi connectivity index (χ1) is 6.22. The summed E-state index contributed by atoms with van der Waals surface area (Å²) < 4.78 is 0. The van der Waals surface area contributed by atoms with E-state index in [1.54, 1.807) is 0 Å². The van der Waals surface area contributed by atoms with Crippen LogP contribution in [0.2, 0.25) is 0 Å². The van der Waals surface area contributed by atoms with Crippen LogP contribution in [0.5, 0.6) is 0 Å². The Balaban J connectivity index is 2.74. The quantitative estimate of drug-likeness (QED) is 0.526. The van der Waals surface area contributed by atoms with Gasteiger partial charge in [0.1, 0.15) is 5.88 Å². The Morgan fingerprint density at radius 1 is 1.62 bits per heavy atom. The van der Waals surface area contributed by atoms with Crippen molar-refractivity contribution in [2.24, 2.45) is 4.99 Å². The molecule has 1 amide bonds. The van der Waals surface area contributed by atoms with E-state index < -0.39 is 0 Å². The van der Waals surface area contributed by atoms with Crippen molar-refractivity contribution >= 4 is 23.7 Å². The van der Waals surface area contributed by atoms with E-state index in [1.807, 2.05) is 31.2 Å². The minimum Gasteiger partial charge on any atom is -0.271 e. The maximum absolute atomic E-state index is 10.7. The van der Waals surface area contributed by atoms with Crippen molar-refractivity contribution in [2.45, 2.75) is 6.92 Å². The highest BCUT2D eigenvalue weighted by atomic mass is 35.5. The van der Waals surface area contributed by atoms with Gasteiger partial charge in [-0.1, -0.05) is 29.8 Å². The summed E-state index contributed by atoms with van der Waals surface area (Å²) in [6.45, 7) is 1.99. The van der Waals surface area contributed by atoms with Gasteiger partial charge < -0.3 is 0 Å². The molecule has 0 aromatic heterocycles. The molecule has 13 heavy (non-hydrogen) atoms. The van der Waals surface area contributed by atoms with E-state index in [0.717, 1.165) is 11.1 Å². The van der Waals surface area contributed by atoms with Gasteiger partial charge in [-0.15, -0.1) is 11.6 Å². The molecular formula is C10H10ClNO. The Kier molecular flexibility index (Phi) is 3.65. The number of aryl methyl sites for hydroxylation is 1. The summed E-state index contributed by atoms with van der Waals surface area (Å²) in [5.74, 6) is -0.384. The molecule has 0 unspecified atom stereocenters. The smallest absolute Gasteiger partial charge is 0.260 e. The number of hydrogen-bond donors (Lipinski definition) is 0. The number of rotatable bonds is 2. The first-order valence-electron chi connectivity index (χ1n) is 3.92. The normalized spacial score (nSPS) is 10.6. The first kappa shape index (κ1) is 9.93. The lowest BCUT2D eigenvalue weighted by Crippen LogP contribution is -1.94. The molecule has 0 aliphatic rings. The van der Waals surface area contributed by atoms with E-state index in [0.29, 0.717) is 0 Å². The number of carbonyl (C=O) groups excluding carboxylic acids is 1. The molecule has 1 aromatic carbocycles. The predicted octanol–water partition coefficient (Wildman–Crippen LogP) is 2.18. The van der Waals surface area contributed by atoms with Gasteiger partial charge in [-0.05, 0) is 12.5 Å². The number of aliphatic imine (C=N–C) groups is 1. The molecular weight excluding hydrogens is 186 g/mol. The van der Waals surface area contributed by atoms with Crippen molar-refractivity contribution in [3.05, 3.63) is 35.4 Å². The minimum atomic E-state index is -0.317. The lowest BCUT2D eigenvalue weighted by molar-refractivity contribution is -0.115. The molecule has 2 nitrogen and oxygen atoms in total. The Morgan fingerprint density at radius 3 is 3.00 bits per heavy atom.